The van der Waals surface area contributed by atoms with Crippen molar-refractivity contribution in [3.05, 3.63) is 0 Å². The minimum Gasteiger partial charge on any atom is -0.312 e. The van der Waals surface area contributed by atoms with Crippen molar-refractivity contribution in [2.75, 3.05) is 39.0 Å². The van der Waals surface area contributed by atoms with Crippen LogP contribution in [0.3, 0.4) is 0 Å². The number of piperazine rings is 1. The highest BCUT2D eigenvalue weighted by Gasteiger charge is 2.25. The minimum absolute atomic E-state index is 0.185. The van der Waals surface area contributed by atoms with Gasteiger partial charge in [0, 0.05) is 37.8 Å². The van der Waals surface area contributed by atoms with Crippen LogP contribution in [0.1, 0.15) is 40.5 Å². The van der Waals surface area contributed by atoms with Crippen LogP contribution in [0.5, 0.6) is 0 Å². The topological polar surface area (TPSA) is 52.6 Å². The maximum absolute atomic E-state index is 11.5. The standard InChI is InChI=1S/C14H31N3O2S/c1-13(7-6-8-15-14(2,3)4)16-9-11-17(12-10-16)20(5,18)19/h13,15H,6-12H2,1-5H3. The monoisotopic (exact) mass is 305 g/mol. The summed E-state index contributed by atoms with van der Waals surface area (Å²) in [6, 6.07) is 0.526. The molecule has 1 rings (SSSR count). The first-order valence-corrected chi connectivity index (χ1v) is 9.38. The van der Waals surface area contributed by atoms with Crippen molar-refractivity contribution in [2.45, 2.75) is 52.1 Å². The van der Waals surface area contributed by atoms with Crippen LogP contribution in [0, 0.1) is 0 Å². The maximum atomic E-state index is 11.5. The molecule has 1 N–H and O–H groups in total. The molecule has 0 saturated carbocycles. The van der Waals surface area contributed by atoms with Gasteiger partial charge in [-0.1, -0.05) is 0 Å². The van der Waals surface area contributed by atoms with Crippen molar-refractivity contribution in [1.82, 2.24) is 14.5 Å². The third-order valence-corrected chi connectivity index (χ3v) is 5.12. The van der Waals surface area contributed by atoms with Gasteiger partial charge in [-0.05, 0) is 47.1 Å². The number of hydrogen-bond donors (Lipinski definition) is 1. The van der Waals surface area contributed by atoms with E-state index in [4.69, 9.17) is 0 Å². The molecule has 0 aromatic carbocycles. The van der Waals surface area contributed by atoms with E-state index in [1.165, 1.54) is 6.26 Å². The highest BCUT2D eigenvalue weighted by atomic mass is 32.2. The summed E-state index contributed by atoms with van der Waals surface area (Å²) in [4.78, 5) is 2.40. The molecule has 0 spiro atoms. The second-order valence-corrected chi connectivity index (χ2v) is 8.85. The highest BCUT2D eigenvalue weighted by molar-refractivity contribution is 7.88. The average molecular weight is 305 g/mol. The Balaban J connectivity index is 2.24. The molecule has 5 nitrogen and oxygen atoms in total. The maximum Gasteiger partial charge on any atom is 0.211 e. The number of hydrogen-bond acceptors (Lipinski definition) is 4. The molecule has 0 aliphatic carbocycles. The highest BCUT2D eigenvalue weighted by Crippen LogP contribution is 2.12. The Morgan fingerprint density at radius 3 is 2.15 bits per heavy atom. The number of sulfonamides is 1. The predicted octanol–water partition coefficient (Wildman–Crippen LogP) is 1.12. The van der Waals surface area contributed by atoms with E-state index in [2.05, 4.69) is 37.9 Å². The first kappa shape index (κ1) is 17.9. The molecule has 120 valence electrons. The normalized spacial score (nSPS) is 21.1. The summed E-state index contributed by atoms with van der Waals surface area (Å²) in [5.74, 6) is 0. The van der Waals surface area contributed by atoms with E-state index in [1.54, 1.807) is 4.31 Å². The minimum atomic E-state index is -3.02. The molecule has 0 bridgehead atoms. The number of rotatable bonds is 6. The van der Waals surface area contributed by atoms with Crippen LogP contribution in [0.15, 0.2) is 0 Å². The second-order valence-electron chi connectivity index (χ2n) is 6.87. The molecule has 1 atom stereocenters. The van der Waals surface area contributed by atoms with Crippen molar-refractivity contribution < 1.29 is 8.42 Å². The zero-order valence-electron chi connectivity index (χ0n) is 13.6. The van der Waals surface area contributed by atoms with E-state index in [0.717, 1.165) is 32.5 Å². The Bertz CT molecular complexity index is 382. The molecule has 20 heavy (non-hydrogen) atoms. The van der Waals surface area contributed by atoms with Gasteiger partial charge in [-0.2, -0.15) is 4.31 Å². The Morgan fingerprint density at radius 2 is 1.70 bits per heavy atom. The summed E-state index contributed by atoms with van der Waals surface area (Å²) in [5, 5.41) is 3.50. The first-order valence-electron chi connectivity index (χ1n) is 7.54. The van der Waals surface area contributed by atoms with Gasteiger partial charge in [-0.25, -0.2) is 8.42 Å². The predicted molar refractivity (Wildman–Crippen MR) is 84.4 cm³/mol. The van der Waals surface area contributed by atoms with Crippen molar-refractivity contribution in [1.29, 1.82) is 0 Å². The van der Waals surface area contributed by atoms with Crippen molar-refractivity contribution >= 4 is 10.0 Å². The third-order valence-electron chi connectivity index (χ3n) is 3.82. The van der Waals surface area contributed by atoms with Crippen molar-refractivity contribution in [3.8, 4) is 0 Å². The lowest BCUT2D eigenvalue weighted by Crippen LogP contribution is -2.51. The fourth-order valence-corrected chi connectivity index (χ4v) is 3.35. The zero-order chi connectivity index (χ0) is 15.4. The fourth-order valence-electron chi connectivity index (χ4n) is 2.52. The molecule has 1 heterocycles. The SMILES string of the molecule is CC(CCCNC(C)(C)C)N1CCN(S(C)(=O)=O)CC1. The summed E-state index contributed by atoms with van der Waals surface area (Å²) in [5.41, 5.74) is 0.185. The molecule has 0 aromatic rings. The Labute approximate surface area is 124 Å². The molecule has 1 unspecified atom stereocenters. The van der Waals surface area contributed by atoms with Gasteiger partial charge in [-0.3, -0.25) is 4.90 Å². The van der Waals surface area contributed by atoms with Crippen LogP contribution in [-0.4, -0.2) is 68.2 Å². The second kappa shape index (κ2) is 7.20. The van der Waals surface area contributed by atoms with Gasteiger partial charge in [0.25, 0.3) is 0 Å². The molecule has 1 aliphatic rings. The summed E-state index contributed by atoms with van der Waals surface area (Å²) in [6.07, 6.45) is 3.61. The van der Waals surface area contributed by atoms with Crippen LogP contribution in [0.2, 0.25) is 0 Å². The van der Waals surface area contributed by atoms with Crippen LogP contribution in [0.25, 0.3) is 0 Å². The Morgan fingerprint density at radius 1 is 1.15 bits per heavy atom. The van der Waals surface area contributed by atoms with Gasteiger partial charge < -0.3 is 5.32 Å². The van der Waals surface area contributed by atoms with Gasteiger partial charge in [0.1, 0.15) is 0 Å². The molecule has 1 saturated heterocycles. The Kier molecular flexibility index (Phi) is 6.44. The van der Waals surface area contributed by atoms with Crippen LogP contribution in [-0.2, 0) is 10.0 Å². The van der Waals surface area contributed by atoms with Gasteiger partial charge in [0.2, 0.25) is 10.0 Å². The van der Waals surface area contributed by atoms with Crippen LogP contribution in [0.4, 0.5) is 0 Å². The van der Waals surface area contributed by atoms with E-state index < -0.39 is 10.0 Å². The van der Waals surface area contributed by atoms with Gasteiger partial charge in [-0.15, -0.1) is 0 Å². The summed E-state index contributed by atoms with van der Waals surface area (Å²) in [7, 11) is -3.02. The number of nitrogens with one attached hydrogen (secondary N) is 1. The fraction of sp³-hybridized carbons (Fsp3) is 1.00. The molecule has 6 heteroatoms. The van der Waals surface area contributed by atoms with E-state index in [0.29, 0.717) is 19.1 Å². The van der Waals surface area contributed by atoms with E-state index in [-0.39, 0.29) is 5.54 Å². The van der Waals surface area contributed by atoms with Crippen LogP contribution < -0.4 is 5.32 Å². The molecular weight excluding hydrogens is 274 g/mol. The lowest BCUT2D eigenvalue weighted by molar-refractivity contribution is 0.138. The van der Waals surface area contributed by atoms with Crippen LogP contribution >= 0.6 is 0 Å². The molecule has 0 radical (unpaired) electrons. The van der Waals surface area contributed by atoms with E-state index in [1.807, 2.05) is 0 Å². The average Bonchev–Trinajstić information content (AvgIpc) is 2.32. The lowest BCUT2D eigenvalue weighted by atomic mass is 10.1. The van der Waals surface area contributed by atoms with E-state index in [9.17, 15) is 8.42 Å². The summed E-state index contributed by atoms with van der Waals surface area (Å²) in [6.45, 7) is 12.8. The smallest absolute Gasteiger partial charge is 0.211 e. The molecule has 0 amide bonds. The zero-order valence-corrected chi connectivity index (χ0v) is 14.5. The van der Waals surface area contributed by atoms with Gasteiger partial charge in [0.15, 0.2) is 0 Å². The third kappa shape index (κ3) is 6.52. The molecular formula is C14H31N3O2S. The number of nitrogens with zero attached hydrogens (tertiary/aromatic N) is 2. The molecule has 1 aliphatic heterocycles. The van der Waals surface area contributed by atoms with Crippen molar-refractivity contribution in [2.24, 2.45) is 0 Å². The van der Waals surface area contributed by atoms with Crippen molar-refractivity contribution in [3.63, 3.8) is 0 Å². The summed E-state index contributed by atoms with van der Waals surface area (Å²) < 4.78 is 24.5. The first-order chi connectivity index (χ1) is 9.09. The quantitative estimate of drug-likeness (QED) is 0.747. The lowest BCUT2D eigenvalue weighted by Gasteiger charge is -2.37. The van der Waals surface area contributed by atoms with E-state index >= 15 is 0 Å². The van der Waals surface area contributed by atoms with Gasteiger partial charge >= 0.3 is 0 Å². The largest absolute Gasteiger partial charge is 0.312 e. The molecule has 0 aromatic heterocycles. The van der Waals surface area contributed by atoms with Gasteiger partial charge in [0.05, 0.1) is 6.26 Å². The Hall–Kier alpha value is -0.170. The molecule has 1 fully saturated rings. The summed E-state index contributed by atoms with van der Waals surface area (Å²) >= 11 is 0.